The summed E-state index contributed by atoms with van der Waals surface area (Å²) in [4.78, 5) is 1.67. The average molecular weight is 168 g/mol. The lowest BCUT2D eigenvalue weighted by molar-refractivity contribution is 0.512. The monoisotopic (exact) mass is 168 g/mol. The van der Waals surface area contributed by atoms with Gasteiger partial charge in [0.1, 0.15) is 0 Å². The predicted octanol–water partition coefficient (Wildman–Crippen LogP) is 1.43. The normalized spacial score (nSPS) is 10.5. The zero-order valence-corrected chi connectivity index (χ0v) is 7.82. The Hall–Kier alpha value is -0.930. The predicted molar refractivity (Wildman–Crippen MR) is 46.7 cm³/mol. The summed E-state index contributed by atoms with van der Waals surface area (Å²) in [6.45, 7) is 5.14. The third-order valence-corrected chi connectivity index (χ3v) is 1.67. The van der Waals surface area contributed by atoms with Gasteiger partial charge in [-0.05, 0) is 18.1 Å². The second-order valence-electron chi connectivity index (χ2n) is 2.91. The number of tetrazole rings is 1. The lowest BCUT2D eigenvalue weighted by Crippen LogP contribution is -2.01. The van der Waals surface area contributed by atoms with E-state index in [1.807, 2.05) is 0 Å². The van der Waals surface area contributed by atoms with Gasteiger partial charge in [0.25, 0.3) is 0 Å². The number of aryl methyl sites for hydroxylation is 2. The van der Waals surface area contributed by atoms with Crippen LogP contribution in [0.3, 0.4) is 0 Å². The van der Waals surface area contributed by atoms with Crippen molar-refractivity contribution in [1.29, 1.82) is 0 Å². The van der Waals surface area contributed by atoms with Crippen LogP contribution in [-0.2, 0) is 13.0 Å². The van der Waals surface area contributed by atoms with E-state index in [1.165, 1.54) is 6.42 Å². The Bertz CT molecular complexity index is 219. The van der Waals surface area contributed by atoms with Crippen molar-refractivity contribution < 1.29 is 0 Å². The number of hydrogen-bond acceptors (Lipinski definition) is 3. The van der Waals surface area contributed by atoms with Crippen molar-refractivity contribution in [3.05, 3.63) is 5.82 Å². The highest BCUT2D eigenvalue weighted by Gasteiger charge is 1.99. The van der Waals surface area contributed by atoms with Crippen molar-refractivity contribution in [3.63, 3.8) is 0 Å². The summed E-state index contributed by atoms with van der Waals surface area (Å²) < 4.78 is 0. The first kappa shape index (κ1) is 9.16. The molecule has 12 heavy (non-hydrogen) atoms. The first-order chi connectivity index (χ1) is 5.86. The molecule has 1 aromatic rings. The van der Waals surface area contributed by atoms with Gasteiger partial charge in [0.2, 0.25) is 0 Å². The molecule has 0 fully saturated rings. The van der Waals surface area contributed by atoms with Crippen molar-refractivity contribution >= 4 is 0 Å². The summed E-state index contributed by atoms with van der Waals surface area (Å²) in [5.41, 5.74) is 0. The maximum atomic E-state index is 4.23. The first-order valence-electron chi connectivity index (χ1n) is 4.63. The quantitative estimate of drug-likeness (QED) is 0.668. The van der Waals surface area contributed by atoms with Gasteiger partial charge in [-0.25, -0.2) is 0 Å². The van der Waals surface area contributed by atoms with E-state index in [1.54, 1.807) is 4.80 Å². The van der Waals surface area contributed by atoms with E-state index in [-0.39, 0.29) is 0 Å². The van der Waals surface area contributed by atoms with Crippen molar-refractivity contribution in [2.24, 2.45) is 0 Å². The van der Waals surface area contributed by atoms with Crippen molar-refractivity contribution in [2.45, 2.75) is 46.1 Å². The van der Waals surface area contributed by atoms with Gasteiger partial charge in [0.05, 0.1) is 6.54 Å². The fourth-order valence-corrected chi connectivity index (χ4v) is 1.01. The molecule has 1 aromatic heterocycles. The highest BCUT2D eigenvalue weighted by Crippen LogP contribution is 1.96. The summed E-state index contributed by atoms with van der Waals surface area (Å²) in [6, 6.07) is 0. The van der Waals surface area contributed by atoms with Gasteiger partial charge in [-0.2, -0.15) is 4.80 Å². The number of rotatable bonds is 5. The molecule has 0 aromatic carbocycles. The van der Waals surface area contributed by atoms with Gasteiger partial charge in [-0.15, -0.1) is 10.2 Å². The van der Waals surface area contributed by atoms with Crippen molar-refractivity contribution in [3.8, 4) is 0 Å². The van der Waals surface area contributed by atoms with Crippen LogP contribution in [0.5, 0.6) is 0 Å². The Morgan fingerprint density at radius 2 is 2.08 bits per heavy atom. The minimum atomic E-state index is 0.874. The molecule has 0 N–H and O–H groups in total. The van der Waals surface area contributed by atoms with Crippen LogP contribution >= 0.6 is 0 Å². The van der Waals surface area contributed by atoms with Crippen LogP contribution in [0, 0.1) is 0 Å². The molecule has 68 valence electrons. The largest absolute Gasteiger partial charge is 0.174 e. The molecule has 0 saturated carbocycles. The van der Waals surface area contributed by atoms with Gasteiger partial charge in [-0.1, -0.05) is 20.3 Å². The van der Waals surface area contributed by atoms with Crippen molar-refractivity contribution in [1.82, 2.24) is 20.2 Å². The van der Waals surface area contributed by atoms with E-state index >= 15 is 0 Å². The molecule has 1 heterocycles. The fourth-order valence-electron chi connectivity index (χ4n) is 1.01. The summed E-state index contributed by atoms with van der Waals surface area (Å²) in [6.07, 6.45) is 4.35. The molecule has 0 spiro atoms. The number of unbranched alkanes of at least 4 members (excludes halogenated alkanes) is 1. The van der Waals surface area contributed by atoms with Gasteiger partial charge in [0, 0.05) is 6.42 Å². The fraction of sp³-hybridized carbons (Fsp3) is 0.875. The lowest BCUT2D eigenvalue weighted by atomic mass is 10.2. The van der Waals surface area contributed by atoms with Gasteiger partial charge in [0.15, 0.2) is 5.82 Å². The van der Waals surface area contributed by atoms with E-state index in [9.17, 15) is 0 Å². The molecule has 0 aliphatic heterocycles. The molecule has 0 aliphatic carbocycles. The zero-order chi connectivity index (χ0) is 8.81. The summed E-state index contributed by atoms with van der Waals surface area (Å²) in [5, 5.41) is 12.1. The summed E-state index contributed by atoms with van der Waals surface area (Å²) in [5.74, 6) is 0.880. The molecule has 0 aliphatic rings. The van der Waals surface area contributed by atoms with Crippen LogP contribution in [0.1, 0.15) is 38.9 Å². The molecule has 1 rings (SSSR count). The van der Waals surface area contributed by atoms with Gasteiger partial charge in [-0.3, -0.25) is 0 Å². The maximum Gasteiger partial charge on any atom is 0.174 e. The van der Waals surface area contributed by atoms with Crippen LogP contribution in [0.4, 0.5) is 0 Å². The minimum Gasteiger partial charge on any atom is -0.164 e. The number of hydrogen-bond donors (Lipinski definition) is 0. The lowest BCUT2D eigenvalue weighted by Gasteiger charge is -1.91. The summed E-state index contributed by atoms with van der Waals surface area (Å²) >= 11 is 0. The van der Waals surface area contributed by atoms with E-state index in [4.69, 9.17) is 0 Å². The van der Waals surface area contributed by atoms with Crippen LogP contribution in [-0.4, -0.2) is 20.2 Å². The second-order valence-corrected chi connectivity index (χ2v) is 2.91. The van der Waals surface area contributed by atoms with Crippen LogP contribution < -0.4 is 0 Å². The Balaban J connectivity index is 2.41. The van der Waals surface area contributed by atoms with Gasteiger partial charge < -0.3 is 0 Å². The first-order valence-corrected chi connectivity index (χ1v) is 4.63. The number of nitrogens with zero attached hydrogens (tertiary/aromatic N) is 4. The minimum absolute atomic E-state index is 0.874. The summed E-state index contributed by atoms with van der Waals surface area (Å²) in [7, 11) is 0. The molecule has 0 bridgehead atoms. The molecule has 0 amide bonds. The van der Waals surface area contributed by atoms with Crippen molar-refractivity contribution in [2.75, 3.05) is 0 Å². The molecule has 0 unspecified atom stereocenters. The molecule has 0 radical (unpaired) electrons. The maximum absolute atomic E-state index is 4.23. The third-order valence-electron chi connectivity index (χ3n) is 1.67. The molecule has 4 nitrogen and oxygen atoms in total. The SMILES string of the molecule is CCCCc1nnn(CCC)n1. The molecular formula is C8H16N4. The Labute approximate surface area is 73.0 Å². The topological polar surface area (TPSA) is 43.6 Å². The van der Waals surface area contributed by atoms with E-state index in [0.717, 1.165) is 31.6 Å². The standard InChI is InChI=1S/C8H16N4/c1-3-5-6-8-9-11-12(10-8)7-4-2/h3-7H2,1-2H3. The van der Waals surface area contributed by atoms with Crippen LogP contribution in [0.2, 0.25) is 0 Å². The van der Waals surface area contributed by atoms with Crippen LogP contribution in [0.25, 0.3) is 0 Å². The molecule has 0 atom stereocenters. The average Bonchev–Trinajstić information content (AvgIpc) is 2.50. The second kappa shape index (κ2) is 4.85. The molecular weight excluding hydrogens is 152 g/mol. The Morgan fingerprint density at radius 3 is 2.75 bits per heavy atom. The molecule has 0 saturated heterocycles. The highest BCUT2D eigenvalue weighted by atomic mass is 15.6. The van der Waals surface area contributed by atoms with E-state index in [2.05, 4.69) is 29.3 Å². The smallest absolute Gasteiger partial charge is 0.164 e. The Morgan fingerprint density at radius 1 is 1.25 bits per heavy atom. The zero-order valence-electron chi connectivity index (χ0n) is 7.82. The van der Waals surface area contributed by atoms with Crippen LogP contribution in [0.15, 0.2) is 0 Å². The molecule has 4 heteroatoms. The van der Waals surface area contributed by atoms with E-state index in [0.29, 0.717) is 0 Å². The van der Waals surface area contributed by atoms with Gasteiger partial charge >= 0.3 is 0 Å². The Kier molecular flexibility index (Phi) is 3.70. The third kappa shape index (κ3) is 2.60. The number of aromatic nitrogens is 4. The highest BCUT2D eigenvalue weighted by molar-refractivity contribution is 4.75. The van der Waals surface area contributed by atoms with E-state index < -0.39 is 0 Å².